The molecule has 0 amide bonds. The lowest BCUT2D eigenvalue weighted by Crippen LogP contribution is -2.19. The van der Waals surface area contributed by atoms with Crippen molar-refractivity contribution in [3.8, 4) is 11.5 Å². The number of rotatable bonds is 3. The lowest BCUT2D eigenvalue weighted by atomic mass is 9.95. The fourth-order valence-corrected chi connectivity index (χ4v) is 3.14. The molecule has 116 valence electrons. The van der Waals surface area contributed by atoms with E-state index < -0.39 is 0 Å². The second kappa shape index (κ2) is 6.01. The zero-order chi connectivity index (χ0) is 15.6. The van der Waals surface area contributed by atoms with Crippen molar-refractivity contribution in [3.05, 3.63) is 53.6 Å². The van der Waals surface area contributed by atoms with Gasteiger partial charge in [0.05, 0.1) is 4.99 Å². The van der Waals surface area contributed by atoms with Crippen LogP contribution in [0.4, 0.5) is 5.69 Å². The molecule has 1 N–H and O–H groups in total. The summed E-state index contributed by atoms with van der Waals surface area (Å²) in [5.41, 5.74) is 4.39. The molecule has 4 nitrogen and oxygen atoms in total. The van der Waals surface area contributed by atoms with Gasteiger partial charge < -0.3 is 14.8 Å². The van der Waals surface area contributed by atoms with Crippen LogP contribution in [0.5, 0.6) is 11.5 Å². The Morgan fingerprint density at radius 2 is 1.91 bits per heavy atom. The van der Waals surface area contributed by atoms with Gasteiger partial charge in [-0.1, -0.05) is 30.4 Å². The number of ether oxygens (including phenoxy) is 2. The van der Waals surface area contributed by atoms with Crippen LogP contribution in [0, 0.1) is 0 Å². The quantitative estimate of drug-likeness (QED) is 0.876. The number of thiocarbonyl (C=S) groups is 1. The monoisotopic (exact) mass is 324 g/mol. The highest BCUT2D eigenvalue weighted by atomic mass is 32.1. The van der Waals surface area contributed by atoms with E-state index in [1.54, 1.807) is 0 Å². The average Bonchev–Trinajstić information content (AvgIpc) is 3.01. The van der Waals surface area contributed by atoms with Crippen LogP contribution >= 0.6 is 12.2 Å². The van der Waals surface area contributed by atoms with Crippen molar-refractivity contribution in [2.24, 2.45) is 4.99 Å². The maximum absolute atomic E-state index is 5.50. The zero-order valence-corrected chi connectivity index (χ0v) is 13.4. The van der Waals surface area contributed by atoms with E-state index in [1.165, 1.54) is 5.56 Å². The average molecular weight is 324 g/mol. The summed E-state index contributed by atoms with van der Waals surface area (Å²) in [5.74, 6) is 1.62. The number of nitrogens with one attached hydrogen (secondary N) is 1. The highest BCUT2D eigenvalue weighted by Gasteiger charge is 2.22. The summed E-state index contributed by atoms with van der Waals surface area (Å²) < 4.78 is 10.9. The molecular formula is C18H16N2O2S. The van der Waals surface area contributed by atoms with Crippen LogP contribution in [0.1, 0.15) is 17.5 Å². The van der Waals surface area contributed by atoms with Gasteiger partial charge in [0.1, 0.15) is 0 Å². The molecule has 0 atom stereocenters. The molecule has 4 rings (SSSR count). The molecule has 0 aliphatic carbocycles. The number of aliphatic imine (C=N–C) groups is 1. The number of para-hydroxylation sites is 1. The van der Waals surface area contributed by atoms with Crippen LogP contribution in [0.25, 0.3) is 0 Å². The minimum absolute atomic E-state index is 0.290. The van der Waals surface area contributed by atoms with Gasteiger partial charge in [-0.15, -0.1) is 0 Å². The molecule has 0 bridgehead atoms. The van der Waals surface area contributed by atoms with Crippen molar-refractivity contribution in [1.29, 1.82) is 0 Å². The Bertz CT molecular complexity index is 787. The van der Waals surface area contributed by atoms with Crippen molar-refractivity contribution in [2.45, 2.75) is 12.8 Å². The van der Waals surface area contributed by atoms with E-state index in [0.717, 1.165) is 46.4 Å². The Hall–Kier alpha value is -2.40. The van der Waals surface area contributed by atoms with Crippen LogP contribution in [0.15, 0.2) is 47.5 Å². The maximum Gasteiger partial charge on any atom is 0.231 e. The van der Waals surface area contributed by atoms with E-state index in [-0.39, 0.29) is 0 Å². The first-order chi connectivity index (χ1) is 11.3. The minimum Gasteiger partial charge on any atom is -0.454 e. The third-order valence-corrected chi connectivity index (χ3v) is 4.23. The molecule has 0 radical (unpaired) electrons. The predicted molar refractivity (Wildman–Crippen MR) is 95.0 cm³/mol. The van der Waals surface area contributed by atoms with Crippen molar-refractivity contribution in [3.63, 3.8) is 0 Å². The Morgan fingerprint density at radius 3 is 2.74 bits per heavy atom. The summed E-state index contributed by atoms with van der Waals surface area (Å²) in [6.45, 7) is 1.08. The van der Waals surface area contributed by atoms with E-state index >= 15 is 0 Å². The molecule has 23 heavy (non-hydrogen) atoms. The Labute approximate surface area is 140 Å². The molecule has 0 unspecified atom stereocenters. The van der Waals surface area contributed by atoms with E-state index in [2.05, 4.69) is 16.4 Å². The van der Waals surface area contributed by atoms with Gasteiger partial charge in [-0.3, -0.25) is 4.99 Å². The molecule has 0 spiro atoms. The lowest BCUT2D eigenvalue weighted by molar-refractivity contribution is 0.174. The predicted octanol–water partition coefficient (Wildman–Crippen LogP) is 3.59. The first kappa shape index (κ1) is 14.2. The molecule has 2 aromatic carbocycles. The van der Waals surface area contributed by atoms with Crippen molar-refractivity contribution >= 4 is 28.6 Å². The summed E-state index contributed by atoms with van der Waals surface area (Å²) >= 11 is 5.50. The third kappa shape index (κ3) is 2.92. The van der Waals surface area contributed by atoms with Gasteiger partial charge >= 0.3 is 0 Å². The molecule has 2 aromatic rings. The molecule has 5 heteroatoms. The van der Waals surface area contributed by atoms with E-state index in [0.29, 0.717) is 13.2 Å². The maximum atomic E-state index is 5.50. The fourth-order valence-electron chi connectivity index (χ4n) is 2.89. The highest BCUT2D eigenvalue weighted by Crippen LogP contribution is 2.36. The van der Waals surface area contributed by atoms with Gasteiger partial charge in [-0.25, -0.2) is 0 Å². The van der Waals surface area contributed by atoms with Gasteiger partial charge in [0, 0.05) is 29.9 Å². The molecule has 0 fully saturated rings. The number of fused-ring (bicyclic) bond motifs is 2. The number of anilines is 1. The van der Waals surface area contributed by atoms with Gasteiger partial charge in [0.25, 0.3) is 0 Å². The molecule has 0 aromatic heterocycles. The molecule has 2 heterocycles. The summed E-state index contributed by atoms with van der Waals surface area (Å²) in [6.07, 6.45) is 1.55. The largest absolute Gasteiger partial charge is 0.454 e. The normalized spacial score (nSPS) is 14.9. The Morgan fingerprint density at radius 1 is 1.13 bits per heavy atom. The second-order valence-corrected chi connectivity index (χ2v) is 6.02. The van der Waals surface area contributed by atoms with Crippen molar-refractivity contribution < 1.29 is 9.47 Å². The number of benzene rings is 2. The van der Waals surface area contributed by atoms with Crippen LogP contribution in [0.3, 0.4) is 0 Å². The summed E-state index contributed by atoms with van der Waals surface area (Å²) in [4.78, 5) is 5.43. The van der Waals surface area contributed by atoms with Gasteiger partial charge in [-0.2, -0.15) is 0 Å². The molecule has 2 aliphatic rings. The van der Waals surface area contributed by atoms with Crippen molar-refractivity contribution in [2.75, 3.05) is 18.7 Å². The second-order valence-electron chi connectivity index (χ2n) is 5.53. The Balaban J connectivity index is 1.54. The van der Waals surface area contributed by atoms with Crippen LogP contribution < -0.4 is 14.8 Å². The van der Waals surface area contributed by atoms with Gasteiger partial charge in [-0.05, 0) is 36.2 Å². The first-order valence-electron chi connectivity index (χ1n) is 7.61. The molecule has 2 aliphatic heterocycles. The fraction of sp³-hybridized carbons (Fsp3) is 0.222. The third-order valence-electron chi connectivity index (χ3n) is 3.98. The SMILES string of the molecule is S=C(CC1=NCCc2cc3c(cc21)OCO3)Nc1ccccc1. The minimum atomic E-state index is 0.290. The standard InChI is InChI=1S/C18H16N2O2S/c23-18(20-13-4-2-1-3-5-13)10-15-14-9-17-16(21-11-22-17)8-12(14)6-7-19-15/h1-5,8-9H,6-7,10-11H2,(H,20,23). The Kier molecular flexibility index (Phi) is 3.71. The summed E-state index contributed by atoms with van der Waals surface area (Å²) in [6, 6.07) is 14.1. The van der Waals surface area contributed by atoms with Crippen molar-refractivity contribution in [1.82, 2.24) is 0 Å². The van der Waals surface area contributed by atoms with E-state index in [4.69, 9.17) is 21.7 Å². The number of hydrogen-bond acceptors (Lipinski definition) is 4. The number of nitrogens with zero attached hydrogens (tertiary/aromatic N) is 1. The van der Waals surface area contributed by atoms with Gasteiger partial charge in [0.2, 0.25) is 6.79 Å². The summed E-state index contributed by atoms with van der Waals surface area (Å²) in [5, 5.41) is 3.27. The topological polar surface area (TPSA) is 42.9 Å². The molecule has 0 saturated carbocycles. The van der Waals surface area contributed by atoms with Crippen LogP contribution in [0.2, 0.25) is 0 Å². The smallest absolute Gasteiger partial charge is 0.231 e. The summed E-state index contributed by atoms with van der Waals surface area (Å²) in [7, 11) is 0. The van der Waals surface area contributed by atoms with E-state index in [9.17, 15) is 0 Å². The first-order valence-corrected chi connectivity index (χ1v) is 8.01. The highest BCUT2D eigenvalue weighted by molar-refractivity contribution is 7.80. The molecule has 0 saturated heterocycles. The zero-order valence-electron chi connectivity index (χ0n) is 12.5. The lowest BCUT2D eigenvalue weighted by Gasteiger charge is -2.18. The van der Waals surface area contributed by atoms with Gasteiger partial charge in [0.15, 0.2) is 11.5 Å². The van der Waals surface area contributed by atoms with Crippen LogP contribution in [-0.2, 0) is 6.42 Å². The van der Waals surface area contributed by atoms with Crippen LogP contribution in [-0.4, -0.2) is 24.0 Å². The molecular weight excluding hydrogens is 308 g/mol. The van der Waals surface area contributed by atoms with E-state index in [1.807, 2.05) is 36.4 Å². The number of hydrogen-bond donors (Lipinski definition) is 1.